The van der Waals surface area contributed by atoms with E-state index in [0.29, 0.717) is 11.8 Å². The van der Waals surface area contributed by atoms with Crippen LogP contribution in [0.3, 0.4) is 0 Å². The predicted octanol–water partition coefficient (Wildman–Crippen LogP) is 1.84. The first kappa shape index (κ1) is 13.1. The summed E-state index contributed by atoms with van der Waals surface area (Å²) in [6.07, 6.45) is 8.44. The van der Waals surface area contributed by atoms with E-state index in [9.17, 15) is 9.59 Å². The maximum absolute atomic E-state index is 12.4. The van der Waals surface area contributed by atoms with Crippen molar-refractivity contribution in [2.75, 3.05) is 6.54 Å². The molecule has 4 nitrogen and oxygen atoms in total. The molecule has 0 aromatic heterocycles. The summed E-state index contributed by atoms with van der Waals surface area (Å²) in [5, 5.41) is 3.35. The van der Waals surface area contributed by atoms with Crippen LogP contribution in [0.4, 0.5) is 0 Å². The number of rotatable bonds is 4. The molecule has 1 atom stereocenters. The van der Waals surface area contributed by atoms with Crippen LogP contribution in [-0.4, -0.2) is 35.3 Å². The molecule has 4 heteroatoms. The average molecular weight is 264 g/mol. The van der Waals surface area contributed by atoms with Gasteiger partial charge in [0.05, 0.1) is 12.5 Å². The zero-order chi connectivity index (χ0) is 13.5. The predicted molar refractivity (Wildman–Crippen MR) is 72.5 cm³/mol. The molecule has 0 radical (unpaired) electrons. The van der Waals surface area contributed by atoms with Gasteiger partial charge in [-0.1, -0.05) is 26.2 Å². The Morgan fingerprint density at radius 1 is 1.21 bits per heavy atom. The van der Waals surface area contributed by atoms with Crippen LogP contribution in [0.25, 0.3) is 0 Å². The van der Waals surface area contributed by atoms with E-state index >= 15 is 0 Å². The third-order valence-corrected chi connectivity index (χ3v) is 5.21. The Morgan fingerprint density at radius 2 is 1.89 bits per heavy atom. The molecule has 1 heterocycles. The van der Waals surface area contributed by atoms with Gasteiger partial charge in [0.2, 0.25) is 11.8 Å². The third kappa shape index (κ3) is 2.42. The highest BCUT2D eigenvalue weighted by Gasteiger charge is 2.43. The summed E-state index contributed by atoms with van der Waals surface area (Å²) < 4.78 is 0. The summed E-state index contributed by atoms with van der Waals surface area (Å²) in [6, 6.07) is -0.0726. The van der Waals surface area contributed by atoms with Crippen LogP contribution in [-0.2, 0) is 9.59 Å². The van der Waals surface area contributed by atoms with Crippen molar-refractivity contribution < 1.29 is 9.59 Å². The van der Waals surface area contributed by atoms with Gasteiger partial charge in [-0.25, -0.2) is 0 Å². The minimum absolute atomic E-state index is 0.0276. The molecule has 1 saturated heterocycles. The van der Waals surface area contributed by atoms with Crippen molar-refractivity contribution in [1.29, 1.82) is 0 Å². The summed E-state index contributed by atoms with van der Waals surface area (Å²) in [7, 11) is 0. The molecule has 0 aromatic carbocycles. The van der Waals surface area contributed by atoms with Crippen LogP contribution in [0.15, 0.2) is 0 Å². The summed E-state index contributed by atoms with van der Waals surface area (Å²) in [5.74, 6) is 0.0629. The highest BCUT2D eigenvalue weighted by molar-refractivity contribution is 6.05. The topological polar surface area (TPSA) is 49.4 Å². The van der Waals surface area contributed by atoms with Gasteiger partial charge in [0.15, 0.2) is 0 Å². The number of carbonyl (C=O) groups is 2. The Balaban J connectivity index is 1.58. The molecule has 1 N–H and O–H groups in total. The fourth-order valence-corrected chi connectivity index (χ4v) is 3.68. The lowest BCUT2D eigenvalue weighted by Crippen LogP contribution is -2.46. The molecular formula is C15H24N2O2. The SMILES string of the molecule is CC1(CNC2CC(=O)N(C3CCCC3)C2=O)CCC1. The van der Waals surface area contributed by atoms with E-state index in [0.717, 1.165) is 32.2 Å². The number of nitrogens with zero attached hydrogens (tertiary/aromatic N) is 1. The first-order chi connectivity index (χ1) is 9.09. The van der Waals surface area contributed by atoms with Gasteiger partial charge in [-0.15, -0.1) is 0 Å². The van der Waals surface area contributed by atoms with Crippen molar-refractivity contribution in [2.24, 2.45) is 5.41 Å². The maximum Gasteiger partial charge on any atom is 0.247 e. The molecular weight excluding hydrogens is 240 g/mol. The lowest BCUT2D eigenvalue weighted by Gasteiger charge is -2.39. The number of hydrogen-bond donors (Lipinski definition) is 1. The summed E-state index contributed by atoms with van der Waals surface area (Å²) in [4.78, 5) is 26.0. The maximum atomic E-state index is 12.4. The second-order valence-electron chi connectivity index (χ2n) is 6.84. The number of amides is 2. The number of carbonyl (C=O) groups excluding carboxylic acids is 2. The van der Waals surface area contributed by atoms with E-state index < -0.39 is 0 Å². The lowest BCUT2D eigenvalue weighted by molar-refractivity contribution is -0.141. The van der Waals surface area contributed by atoms with E-state index in [1.807, 2.05) is 0 Å². The van der Waals surface area contributed by atoms with E-state index in [4.69, 9.17) is 0 Å². The fourth-order valence-electron chi connectivity index (χ4n) is 3.68. The first-order valence-electron chi connectivity index (χ1n) is 7.68. The molecule has 3 rings (SSSR count). The Kier molecular flexibility index (Phi) is 3.37. The van der Waals surface area contributed by atoms with E-state index in [1.165, 1.54) is 19.3 Å². The number of nitrogens with one attached hydrogen (secondary N) is 1. The largest absolute Gasteiger partial charge is 0.305 e. The van der Waals surface area contributed by atoms with Gasteiger partial charge in [0, 0.05) is 12.6 Å². The fraction of sp³-hybridized carbons (Fsp3) is 0.867. The highest BCUT2D eigenvalue weighted by atomic mass is 16.2. The van der Waals surface area contributed by atoms with Gasteiger partial charge in [-0.3, -0.25) is 14.5 Å². The quantitative estimate of drug-likeness (QED) is 0.788. The molecule has 106 valence electrons. The first-order valence-corrected chi connectivity index (χ1v) is 7.68. The van der Waals surface area contributed by atoms with Crippen LogP contribution < -0.4 is 5.32 Å². The second kappa shape index (κ2) is 4.89. The van der Waals surface area contributed by atoms with Gasteiger partial charge in [-0.05, 0) is 31.1 Å². The minimum Gasteiger partial charge on any atom is -0.305 e. The average Bonchev–Trinajstić information content (AvgIpc) is 2.93. The van der Waals surface area contributed by atoms with Gasteiger partial charge < -0.3 is 5.32 Å². The molecule has 2 saturated carbocycles. The van der Waals surface area contributed by atoms with Crippen molar-refractivity contribution in [3.8, 4) is 0 Å². The molecule has 1 aliphatic heterocycles. The smallest absolute Gasteiger partial charge is 0.247 e. The molecule has 0 spiro atoms. The molecule has 2 aliphatic carbocycles. The number of imide groups is 1. The number of hydrogen-bond acceptors (Lipinski definition) is 3. The zero-order valence-corrected chi connectivity index (χ0v) is 11.8. The second-order valence-corrected chi connectivity index (χ2v) is 6.84. The summed E-state index contributed by atoms with van der Waals surface area (Å²) in [5.41, 5.74) is 0.351. The molecule has 0 bridgehead atoms. The Bertz CT molecular complexity index is 384. The van der Waals surface area contributed by atoms with Gasteiger partial charge in [0.25, 0.3) is 0 Å². The Labute approximate surface area is 114 Å². The molecule has 2 amide bonds. The molecule has 3 aliphatic rings. The van der Waals surface area contributed by atoms with Crippen molar-refractivity contribution >= 4 is 11.8 Å². The summed E-state index contributed by atoms with van der Waals surface area (Å²) >= 11 is 0. The lowest BCUT2D eigenvalue weighted by atomic mass is 9.70. The van der Waals surface area contributed by atoms with Gasteiger partial charge in [0.1, 0.15) is 0 Å². The van der Waals surface area contributed by atoms with Crippen LogP contribution in [0.5, 0.6) is 0 Å². The van der Waals surface area contributed by atoms with E-state index in [-0.39, 0.29) is 23.9 Å². The van der Waals surface area contributed by atoms with Gasteiger partial charge >= 0.3 is 0 Å². The van der Waals surface area contributed by atoms with Crippen LogP contribution in [0.1, 0.15) is 58.3 Å². The van der Waals surface area contributed by atoms with Crippen molar-refractivity contribution in [1.82, 2.24) is 10.2 Å². The van der Waals surface area contributed by atoms with E-state index in [2.05, 4.69) is 12.2 Å². The zero-order valence-electron chi connectivity index (χ0n) is 11.8. The van der Waals surface area contributed by atoms with Crippen LogP contribution >= 0.6 is 0 Å². The molecule has 0 aromatic rings. The molecule has 1 unspecified atom stereocenters. The van der Waals surface area contributed by atoms with Crippen molar-refractivity contribution in [3.63, 3.8) is 0 Å². The van der Waals surface area contributed by atoms with Crippen molar-refractivity contribution in [3.05, 3.63) is 0 Å². The monoisotopic (exact) mass is 264 g/mol. The number of likely N-dealkylation sites (tertiary alicyclic amines) is 1. The van der Waals surface area contributed by atoms with Crippen LogP contribution in [0.2, 0.25) is 0 Å². The molecule has 19 heavy (non-hydrogen) atoms. The third-order valence-electron chi connectivity index (χ3n) is 5.21. The van der Waals surface area contributed by atoms with E-state index in [1.54, 1.807) is 4.90 Å². The van der Waals surface area contributed by atoms with Gasteiger partial charge in [-0.2, -0.15) is 0 Å². The minimum atomic E-state index is -0.259. The summed E-state index contributed by atoms with van der Waals surface area (Å²) in [6.45, 7) is 3.13. The standard InChI is InChI=1S/C15H24N2O2/c1-15(7-4-8-15)10-16-12-9-13(18)17(14(12)19)11-5-2-3-6-11/h11-12,16H,2-10H2,1H3. The Morgan fingerprint density at radius 3 is 2.47 bits per heavy atom. The normalized spacial score (nSPS) is 31.0. The van der Waals surface area contributed by atoms with Crippen molar-refractivity contribution in [2.45, 2.75) is 70.4 Å². The Hall–Kier alpha value is -0.900. The van der Waals surface area contributed by atoms with Crippen LogP contribution in [0, 0.1) is 5.41 Å². The highest BCUT2D eigenvalue weighted by Crippen LogP contribution is 2.39. The molecule has 3 fully saturated rings.